The molecule has 0 spiro atoms. The number of carboxylic acid groups (broad SMARTS) is 1. The number of aliphatic carboxylic acids is 1. The predicted octanol–water partition coefficient (Wildman–Crippen LogP) is 3.08. The molecule has 0 bridgehead atoms. The van der Waals surface area contributed by atoms with Gasteiger partial charge in [-0.05, 0) is 18.9 Å². The lowest BCUT2D eigenvalue weighted by Crippen LogP contribution is -2.10. The summed E-state index contributed by atoms with van der Waals surface area (Å²) in [6, 6.07) is 0. The molecule has 0 aromatic rings. The van der Waals surface area contributed by atoms with Gasteiger partial charge in [0.2, 0.25) is 0 Å². The minimum Gasteiger partial charge on any atom is -0.481 e. The van der Waals surface area contributed by atoms with Crippen LogP contribution in [-0.4, -0.2) is 11.1 Å². The third-order valence-electron chi connectivity index (χ3n) is 1.83. The van der Waals surface area contributed by atoms with Gasteiger partial charge in [0.1, 0.15) is 5.83 Å². The zero-order valence-corrected chi connectivity index (χ0v) is 8.46. The third kappa shape index (κ3) is 4.03. The number of carboxylic acids is 1. The van der Waals surface area contributed by atoms with Gasteiger partial charge >= 0.3 is 5.97 Å². The normalized spacial score (nSPS) is 15.1. The second-order valence-corrected chi connectivity index (χ2v) is 3.01. The molecule has 0 aromatic carbocycles. The van der Waals surface area contributed by atoms with Gasteiger partial charge in [0.05, 0.1) is 5.92 Å². The molecule has 1 atom stereocenters. The summed E-state index contributed by atoms with van der Waals surface area (Å²) in [6.07, 6.45) is 4.43. The highest BCUT2D eigenvalue weighted by atomic mass is 19.1. The molecule has 0 rings (SSSR count). The minimum atomic E-state index is -0.927. The maximum Gasteiger partial charge on any atom is 0.306 e. The first-order valence-corrected chi connectivity index (χ1v) is 4.39. The zero-order chi connectivity index (χ0) is 11.1. The van der Waals surface area contributed by atoms with Crippen LogP contribution in [0.4, 0.5) is 4.39 Å². The SMILES string of the molecule is C=C/C=C(CC(C)C(=O)O)\C(F)=C/C. The predicted molar refractivity (Wildman–Crippen MR) is 54.6 cm³/mol. The molecule has 1 unspecified atom stereocenters. The Morgan fingerprint density at radius 1 is 1.64 bits per heavy atom. The second kappa shape index (κ2) is 6.13. The van der Waals surface area contributed by atoms with Crippen LogP contribution < -0.4 is 0 Å². The number of rotatable bonds is 5. The van der Waals surface area contributed by atoms with Crippen LogP contribution in [0.15, 0.2) is 36.2 Å². The van der Waals surface area contributed by atoms with Crippen molar-refractivity contribution in [3.8, 4) is 0 Å². The van der Waals surface area contributed by atoms with Crippen molar-refractivity contribution in [2.75, 3.05) is 0 Å². The molecule has 2 nitrogen and oxygen atoms in total. The van der Waals surface area contributed by atoms with Crippen molar-refractivity contribution in [2.24, 2.45) is 5.92 Å². The molecule has 78 valence electrons. The van der Waals surface area contributed by atoms with Gasteiger partial charge in [0.25, 0.3) is 0 Å². The van der Waals surface area contributed by atoms with Crippen molar-refractivity contribution in [1.82, 2.24) is 0 Å². The molecular formula is C11H15FO2. The van der Waals surface area contributed by atoms with E-state index < -0.39 is 17.7 Å². The van der Waals surface area contributed by atoms with Gasteiger partial charge in [-0.1, -0.05) is 31.7 Å². The Hall–Kier alpha value is -1.38. The van der Waals surface area contributed by atoms with Crippen molar-refractivity contribution in [3.63, 3.8) is 0 Å². The van der Waals surface area contributed by atoms with Crippen LogP contribution in [0.25, 0.3) is 0 Å². The van der Waals surface area contributed by atoms with E-state index in [9.17, 15) is 9.18 Å². The molecule has 0 saturated carbocycles. The number of allylic oxidation sites excluding steroid dienone is 5. The Morgan fingerprint density at radius 2 is 2.21 bits per heavy atom. The smallest absolute Gasteiger partial charge is 0.306 e. The van der Waals surface area contributed by atoms with Crippen molar-refractivity contribution in [2.45, 2.75) is 20.3 Å². The fraction of sp³-hybridized carbons (Fsp3) is 0.364. The van der Waals surface area contributed by atoms with E-state index in [0.717, 1.165) is 0 Å². The van der Waals surface area contributed by atoms with Crippen LogP contribution in [0.5, 0.6) is 0 Å². The summed E-state index contributed by atoms with van der Waals surface area (Å²) in [7, 11) is 0. The van der Waals surface area contributed by atoms with E-state index in [-0.39, 0.29) is 6.42 Å². The molecule has 0 aliphatic heterocycles. The van der Waals surface area contributed by atoms with Gasteiger partial charge in [-0.2, -0.15) is 0 Å². The maximum absolute atomic E-state index is 13.2. The van der Waals surface area contributed by atoms with Crippen molar-refractivity contribution in [3.05, 3.63) is 36.2 Å². The first-order chi connectivity index (χ1) is 6.52. The number of carbonyl (C=O) groups is 1. The van der Waals surface area contributed by atoms with Gasteiger partial charge in [-0.15, -0.1) is 0 Å². The van der Waals surface area contributed by atoms with Crippen LogP contribution in [-0.2, 0) is 4.79 Å². The molecular weight excluding hydrogens is 183 g/mol. The van der Waals surface area contributed by atoms with Crippen molar-refractivity contribution >= 4 is 5.97 Å². The van der Waals surface area contributed by atoms with Gasteiger partial charge in [0.15, 0.2) is 0 Å². The van der Waals surface area contributed by atoms with E-state index in [0.29, 0.717) is 5.57 Å². The van der Waals surface area contributed by atoms with E-state index >= 15 is 0 Å². The Kier molecular flexibility index (Phi) is 5.53. The minimum absolute atomic E-state index is 0.178. The second-order valence-electron chi connectivity index (χ2n) is 3.01. The Morgan fingerprint density at radius 3 is 2.57 bits per heavy atom. The molecule has 0 radical (unpaired) electrons. The molecule has 0 aliphatic rings. The van der Waals surface area contributed by atoms with E-state index in [1.165, 1.54) is 18.2 Å². The summed E-state index contributed by atoms with van der Waals surface area (Å²) in [5, 5.41) is 8.66. The van der Waals surface area contributed by atoms with Crippen LogP contribution >= 0.6 is 0 Å². The average molecular weight is 198 g/mol. The largest absolute Gasteiger partial charge is 0.481 e. The van der Waals surface area contributed by atoms with Gasteiger partial charge < -0.3 is 5.11 Å². The van der Waals surface area contributed by atoms with Crippen LogP contribution in [0.2, 0.25) is 0 Å². The standard InChI is InChI=1S/C11H15FO2/c1-4-6-9(10(12)5-2)7-8(3)11(13)14/h4-6,8H,1,7H2,2-3H3,(H,13,14)/b9-6-,10-5+. The average Bonchev–Trinajstić information content (AvgIpc) is 2.15. The monoisotopic (exact) mass is 198 g/mol. The lowest BCUT2D eigenvalue weighted by Gasteiger charge is -2.08. The topological polar surface area (TPSA) is 37.3 Å². The van der Waals surface area contributed by atoms with Crippen LogP contribution in [0, 0.1) is 5.92 Å². The van der Waals surface area contributed by atoms with E-state index in [4.69, 9.17) is 5.11 Å². The van der Waals surface area contributed by atoms with Crippen LogP contribution in [0.3, 0.4) is 0 Å². The number of hydrogen-bond acceptors (Lipinski definition) is 1. The summed E-state index contributed by atoms with van der Waals surface area (Å²) in [5.74, 6) is -1.91. The molecule has 0 heterocycles. The van der Waals surface area contributed by atoms with Crippen LogP contribution in [0.1, 0.15) is 20.3 Å². The summed E-state index contributed by atoms with van der Waals surface area (Å²) in [5.41, 5.74) is 0.373. The summed E-state index contributed by atoms with van der Waals surface area (Å²) >= 11 is 0. The van der Waals surface area contributed by atoms with Gasteiger partial charge in [-0.25, -0.2) is 4.39 Å². The van der Waals surface area contributed by atoms with E-state index in [1.807, 2.05) is 0 Å². The van der Waals surface area contributed by atoms with E-state index in [2.05, 4.69) is 6.58 Å². The molecule has 0 aromatic heterocycles. The number of hydrogen-bond donors (Lipinski definition) is 1. The van der Waals surface area contributed by atoms with Gasteiger partial charge in [-0.3, -0.25) is 4.79 Å². The molecule has 0 aliphatic carbocycles. The fourth-order valence-corrected chi connectivity index (χ4v) is 0.990. The highest BCUT2D eigenvalue weighted by molar-refractivity contribution is 5.70. The van der Waals surface area contributed by atoms with E-state index in [1.54, 1.807) is 13.8 Å². The summed E-state index contributed by atoms with van der Waals surface area (Å²) < 4.78 is 13.2. The first-order valence-electron chi connectivity index (χ1n) is 4.39. The molecule has 3 heteroatoms. The lowest BCUT2D eigenvalue weighted by molar-refractivity contribution is -0.141. The summed E-state index contributed by atoms with van der Waals surface area (Å²) in [4.78, 5) is 10.6. The van der Waals surface area contributed by atoms with Crippen molar-refractivity contribution in [1.29, 1.82) is 0 Å². The Bertz CT molecular complexity index is 277. The molecule has 0 fully saturated rings. The molecule has 14 heavy (non-hydrogen) atoms. The highest BCUT2D eigenvalue weighted by Crippen LogP contribution is 2.20. The molecule has 0 amide bonds. The maximum atomic E-state index is 13.2. The van der Waals surface area contributed by atoms with Crippen molar-refractivity contribution < 1.29 is 14.3 Å². The number of halogens is 1. The molecule has 0 saturated heterocycles. The summed E-state index contributed by atoms with van der Waals surface area (Å²) in [6.45, 7) is 6.56. The Balaban J connectivity index is 4.63. The highest BCUT2D eigenvalue weighted by Gasteiger charge is 2.14. The van der Waals surface area contributed by atoms with Gasteiger partial charge in [0, 0.05) is 0 Å². The quantitative estimate of drug-likeness (QED) is 0.689. The first kappa shape index (κ1) is 12.6. The zero-order valence-electron chi connectivity index (χ0n) is 8.46. The third-order valence-corrected chi connectivity index (χ3v) is 1.83. The fourth-order valence-electron chi connectivity index (χ4n) is 0.990. The lowest BCUT2D eigenvalue weighted by atomic mass is 10.00. The molecule has 1 N–H and O–H groups in total. The Labute approximate surface area is 83.4 Å².